The van der Waals surface area contributed by atoms with Crippen LogP contribution in [0.5, 0.6) is 11.5 Å². The highest BCUT2D eigenvalue weighted by atomic mass is 16.5. The first-order valence-electron chi connectivity index (χ1n) is 8.65. The Kier molecular flexibility index (Phi) is 5.93. The van der Waals surface area contributed by atoms with E-state index in [2.05, 4.69) is 10.2 Å². The van der Waals surface area contributed by atoms with E-state index in [1.807, 2.05) is 18.2 Å². The minimum atomic E-state index is 0.0523. The summed E-state index contributed by atoms with van der Waals surface area (Å²) in [4.78, 5) is 14.4. The largest absolute Gasteiger partial charge is 0.493 e. The Bertz CT molecular complexity index is 558. The second-order valence-electron chi connectivity index (χ2n) is 6.30. The number of benzene rings is 1. The van der Waals surface area contributed by atoms with E-state index in [0.29, 0.717) is 26.2 Å². The number of fused-ring (bicyclic) bond motifs is 1. The van der Waals surface area contributed by atoms with Crippen LogP contribution >= 0.6 is 0 Å². The highest BCUT2D eigenvalue weighted by molar-refractivity contribution is 5.78. The number of methoxy groups -OCH3 is 1. The quantitative estimate of drug-likeness (QED) is 0.886. The zero-order valence-corrected chi connectivity index (χ0v) is 14.3. The maximum absolute atomic E-state index is 12.2. The van der Waals surface area contributed by atoms with Gasteiger partial charge in [-0.15, -0.1) is 0 Å². The molecule has 2 aliphatic heterocycles. The molecule has 1 fully saturated rings. The molecule has 1 saturated heterocycles. The maximum Gasteiger partial charge on any atom is 0.234 e. The van der Waals surface area contributed by atoms with Crippen molar-refractivity contribution < 1.29 is 19.0 Å². The van der Waals surface area contributed by atoms with Crippen molar-refractivity contribution in [3.63, 3.8) is 0 Å². The lowest BCUT2D eigenvalue weighted by molar-refractivity contribution is -0.123. The Hall–Kier alpha value is -1.79. The predicted octanol–water partition coefficient (Wildman–Crippen LogP) is 1.57. The summed E-state index contributed by atoms with van der Waals surface area (Å²) in [6, 6.07) is 5.89. The number of ether oxygens (including phenoxy) is 3. The fourth-order valence-corrected chi connectivity index (χ4v) is 3.22. The molecule has 6 heteroatoms. The molecule has 0 saturated carbocycles. The zero-order chi connectivity index (χ0) is 16.8. The number of nitrogens with one attached hydrogen (secondary N) is 1. The summed E-state index contributed by atoms with van der Waals surface area (Å²) >= 11 is 0. The first kappa shape index (κ1) is 17.0. The second kappa shape index (κ2) is 8.35. The number of hydrogen-bond acceptors (Lipinski definition) is 5. The van der Waals surface area contributed by atoms with Gasteiger partial charge >= 0.3 is 0 Å². The van der Waals surface area contributed by atoms with Gasteiger partial charge in [-0.25, -0.2) is 0 Å². The van der Waals surface area contributed by atoms with Gasteiger partial charge in [0.1, 0.15) is 0 Å². The van der Waals surface area contributed by atoms with Crippen molar-refractivity contribution in [2.45, 2.75) is 31.9 Å². The first-order chi connectivity index (χ1) is 11.8. The van der Waals surface area contributed by atoms with Crippen LogP contribution in [0.3, 0.4) is 0 Å². The van der Waals surface area contributed by atoms with Crippen LogP contribution in [0.1, 0.15) is 24.8 Å². The van der Waals surface area contributed by atoms with E-state index in [1.165, 1.54) is 0 Å². The summed E-state index contributed by atoms with van der Waals surface area (Å²) < 4.78 is 16.8. The van der Waals surface area contributed by atoms with Gasteiger partial charge in [-0.3, -0.25) is 9.69 Å². The molecule has 0 radical (unpaired) electrons. The number of amides is 1. The Labute approximate surface area is 143 Å². The Morgan fingerprint density at radius 2 is 2.29 bits per heavy atom. The van der Waals surface area contributed by atoms with E-state index in [4.69, 9.17) is 14.2 Å². The van der Waals surface area contributed by atoms with Gasteiger partial charge in [0.25, 0.3) is 0 Å². The van der Waals surface area contributed by atoms with E-state index in [1.54, 1.807) is 7.11 Å². The molecule has 1 atom stereocenters. The van der Waals surface area contributed by atoms with Gasteiger partial charge in [-0.2, -0.15) is 0 Å². The van der Waals surface area contributed by atoms with Crippen molar-refractivity contribution >= 4 is 5.91 Å². The molecule has 0 aromatic heterocycles. The predicted molar refractivity (Wildman–Crippen MR) is 90.4 cm³/mol. The summed E-state index contributed by atoms with van der Waals surface area (Å²) in [6.45, 7) is 3.96. The zero-order valence-electron chi connectivity index (χ0n) is 14.3. The molecule has 2 heterocycles. The molecule has 0 aliphatic carbocycles. The maximum atomic E-state index is 12.2. The summed E-state index contributed by atoms with van der Waals surface area (Å²) in [7, 11) is 1.65. The third-order valence-electron chi connectivity index (χ3n) is 4.46. The van der Waals surface area contributed by atoms with Crippen molar-refractivity contribution in [3.8, 4) is 11.5 Å². The van der Waals surface area contributed by atoms with Crippen molar-refractivity contribution in [2.24, 2.45) is 0 Å². The lowest BCUT2D eigenvalue weighted by atomic mass is 10.1. The number of hydrogen-bond donors (Lipinski definition) is 1. The summed E-state index contributed by atoms with van der Waals surface area (Å²) in [5, 5.41) is 2.99. The smallest absolute Gasteiger partial charge is 0.234 e. The molecule has 0 bridgehead atoms. The van der Waals surface area contributed by atoms with Gasteiger partial charge in [-0.05, 0) is 25.3 Å². The molecular formula is C18H26N2O4. The van der Waals surface area contributed by atoms with Crippen LogP contribution in [0, 0.1) is 0 Å². The second-order valence-corrected chi connectivity index (χ2v) is 6.30. The fraction of sp³-hybridized carbons (Fsp3) is 0.611. The average molecular weight is 334 g/mol. The first-order valence-corrected chi connectivity index (χ1v) is 8.65. The number of carbonyl (C=O) groups is 1. The number of para-hydroxylation sites is 1. The summed E-state index contributed by atoms with van der Waals surface area (Å²) in [5.41, 5.74) is 1.06. The topological polar surface area (TPSA) is 60.0 Å². The molecule has 1 amide bonds. The molecule has 1 unspecified atom stereocenters. The van der Waals surface area contributed by atoms with Crippen molar-refractivity contribution in [1.29, 1.82) is 0 Å². The van der Waals surface area contributed by atoms with E-state index in [-0.39, 0.29) is 12.0 Å². The lowest BCUT2D eigenvalue weighted by Crippen LogP contribution is -2.41. The fourth-order valence-electron chi connectivity index (χ4n) is 3.22. The van der Waals surface area contributed by atoms with Crippen molar-refractivity contribution in [1.82, 2.24) is 10.2 Å². The van der Waals surface area contributed by atoms with Gasteiger partial charge in [-0.1, -0.05) is 12.1 Å². The van der Waals surface area contributed by atoms with E-state index < -0.39 is 0 Å². The lowest BCUT2D eigenvalue weighted by Gasteiger charge is -2.26. The Morgan fingerprint density at radius 1 is 1.38 bits per heavy atom. The molecule has 132 valence electrons. The van der Waals surface area contributed by atoms with E-state index in [0.717, 1.165) is 49.5 Å². The molecule has 2 aliphatic rings. The van der Waals surface area contributed by atoms with Gasteiger partial charge in [0.15, 0.2) is 11.5 Å². The number of rotatable bonds is 5. The molecule has 1 aromatic carbocycles. The van der Waals surface area contributed by atoms with Gasteiger partial charge < -0.3 is 19.5 Å². The minimum Gasteiger partial charge on any atom is -0.493 e. The van der Waals surface area contributed by atoms with Crippen molar-refractivity contribution in [2.75, 3.05) is 40.0 Å². The number of carbonyl (C=O) groups excluding carboxylic acids is 1. The van der Waals surface area contributed by atoms with Crippen LogP contribution in [0.4, 0.5) is 0 Å². The number of nitrogens with zero attached hydrogens (tertiary/aromatic N) is 1. The summed E-state index contributed by atoms with van der Waals surface area (Å²) in [6.07, 6.45) is 3.19. The van der Waals surface area contributed by atoms with Crippen LogP contribution in [0.15, 0.2) is 18.2 Å². The van der Waals surface area contributed by atoms with Crippen LogP contribution in [-0.4, -0.2) is 56.9 Å². The highest BCUT2D eigenvalue weighted by Gasteiger charge is 2.20. The standard InChI is InChI=1S/C18H26N2O4/c1-22-16-7-2-5-14-12-20(8-4-10-24-18(14)16)13-17(21)19-11-15-6-3-9-23-15/h2,5,7,15H,3-4,6,8-13H2,1H3,(H,19,21). The molecule has 3 rings (SSSR count). The van der Waals surface area contributed by atoms with Crippen LogP contribution in [0.25, 0.3) is 0 Å². The molecule has 24 heavy (non-hydrogen) atoms. The van der Waals surface area contributed by atoms with E-state index in [9.17, 15) is 4.79 Å². The van der Waals surface area contributed by atoms with Crippen LogP contribution in [-0.2, 0) is 16.1 Å². The third kappa shape index (κ3) is 4.39. The minimum absolute atomic E-state index is 0.0523. The monoisotopic (exact) mass is 334 g/mol. The van der Waals surface area contributed by atoms with Gasteiger partial charge in [0.2, 0.25) is 5.91 Å². The SMILES string of the molecule is COc1cccc2c1OCCCN(CC(=O)NCC1CCCO1)C2. The van der Waals surface area contributed by atoms with Crippen LogP contribution in [0.2, 0.25) is 0 Å². The van der Waals surface area contributed by atoms with E-state index >= 15 is 0 Å². The molecule has 0 spiro atoms. The summed E-state index contributed by atoms with van der Waals surface area (Å²) in [5.74, 6) is 1.60. The van der Waals surface area contributed by atoms with Gasteiger partial charge in [0.05, 0.1) is 26.4 Å². The molecule has 1 aromatic rings. The normalized spacial score (nSPS) is 21.3. The van der Waals surface area contributed by atoms with Crippen LogP contribution < -0.4 is 14.8 Å². The molecular weight excluding hydrogens is 308 g/mol. The third-order valence-corrected chi connectivity index (χ3v) is 4.46. The Morgan fingerprint density at radius 3 is 3.08 bits per heavy atom. The van der Waals surface area contributed by atoms with Gasteiger partial charge in [0, 0.05) is 31.8 Å². The Balaban J connectivity index is 1.58. The molecule has 6 nitrogen and oxygen atoms in total. The molecule has 1 N–H and O–H groups in total. The average Bonchev–Trinajstić information content (AvgIpc) is 3.08. The van der Waals surface area contributed by atoms with Crippen molar-refractivity contribution in [3.05, 3.63) is 23.8 Å². The highest BCUT2D eigenvalue weighted by Crippen LogP contribution is 2.33.